The van der Waals surface area contributed by atoms with Gasteiger partial charge in [0.25, 0.3) is 0 Å². The van der Waals surface area contributed by atoms with Gasteiger partial charge in [-0.3, -0.25) is 4.79 Å². The van der Waals surface area contributed by atoms with Gasteiger partial charge in [0.15, 0.2) is 0 Å². The van der Waals surface area contributed by atoms with Gasteiger partial charge in [0.1, 0.15) is 5.75 Å². The van der Waals surface area contributed by atoms with Gasteiger partial charge < -0.3 is 20.0 Å². The van der Waals surface area contributed by atoms with Crippen LogP contribution in [0.4, 0.5) is 18.9 Å². The summed E-state index contributed by atoms with van der Waals surface area (Å²) in [4.78, 5) is 16.3. The number of ether oxygens (including phenoxy) is 1. The maximum atomic E-state index is 12.8. The van der Waals surface area contributed by atoms with E-state index in [0.717, 1.165) is 5.56 Å². The summed E-state index contributed by atoms with van der Waals surface area (Å²) in [6.45, 7) is 0. The zero-order valence-electron chi connectivity index (χ0n) is 14.8. The van der Waals surface area contributed by atoms with Crippen molar-refractivity contribution in [2.24, 2.45) is 5.16 Å². The van der Waals surface area contributed by atoms with Crippen LogP contribution in [0.3, 0.4) is 0 Å². The Bertz CT molecular complexity index is 880. The molecule has 0 saturated carbocycles. The van der Waals surface area contributed by atoms with Crippen molar-refractivity contribution in [3.63, 3.8) is 0 Å². The first-order chi connectivity index (χ1) is 13.2. The minimum absolute atomic E-state index is 0.0315. The van der Waals surface area contributed by atoms with Crippen molar-refractivity contribution in [3.8, 4) is 5.75 Å². The highest BCUT2D eigenvalue weighted by molar-refractivity contribution is 6.02. The number of hydrogen-bond donors (Lipinski definition) is 2. The van der Waals surface area contributed by atoms with E-state index in [0.29, 0.717) is 17.0 Å². The van der Waals surface area contributed by atoms with E-state index in [-0.39, 0.29) is 18.0 Å². The molecule has 1 heterocycles. The number of oxime groups is 1. The standard InChI is InChI=1S/C19H17F3N2O4/c1-27-15-8-2-12(3-9-15)10-17(25)23-14-6-4-13(5-7-14)16-11-18(26,28-24-16)19(20,21)22/h2-9,26H,10-11H2,1H3,(H,23,25). The molecule has 148 valence electrons. The molecule has 2 aromatic rings. The van der Waals surface area contributed by atoms with Gasteiger partial charge in [-0.25, -0.2) is 0 Å². The summed E-state index contributed by atoms with van der Waals surface area (Å²) in [7, 11) is 1.55. The van der Waals surface area contributed by atoms with Gasteiger partial charge in [0.2, 0.25) is 5.91 Å². The number of nitrogens with one attached hydrogen (secondary N) is 1. The molecule has 1 aliphatic rings. The number of aliphatic hydroxyl groups is 1. The number of benzene rings is 2. The molecule has 0 bridgehead atoms. The average Bonchev–Trinajstić information content (AvgIpc) is 3.06. The summed E-state index contributed by atoms with van der Waals surface area (Å²) in [5.74, 6) is -2.87. The highest BCUT2D eigenvalue weighted by Crippen LogP contribution is 2.39. The van der Waals surface area contributed by atoms with Gasteiger partial charge in [-0.15, -0.1) is 0 Å². The number of carbonyl (C=O) groups is 1. The number of methoxy groups -OCH3 is 1. The Labute approximate surface area is 158 Å². The third-order valence-electron chi connectivity index (χ3n) is 4.18. The molecule has 0 aliphatic carbocycles. The molecular formula is C19H17F3N2O4. The van der Waals surface area contributed by atoms with Crippen LogP contribution in [0.15, 0.2) is 53.7 Å². The van der Waals surface area contributed by atoms with Crippen LogP contribution in [0.5, 0.6) is 5.75 Å². The zero-order chi connectivity index (χ0) is 20.4. The van der Waals surface area contributed by atoms with Crippen LogP contribution in [-0.2, 0) is 16.1 Å². The normalized spacial score (nSPS) is 19.0. The Morgan fingerprint density at radius 3 is 2.39 bits per heavy atom. The first-order valence-corrected chi connectivity index (χ1v) is 8.27. The second kappa shape index (κ2) is 7.51. The minimum Gasteiger partial charge on any atom is -0.497 e. The number of nitrogens with zero attached hydrogens (tertiary/aromatic N) is 1. The molecule has 0 fully saturated rings. The van der Waals surface area contributed by atoms with Crippen LogP contribution < -0.4 is 10.1 Å². The number of amides is 1. The lowest BCUT2D eigenvalue weighted by atomic mass is 10.0. The summed E-state index contributed by atoms with van der Waals surface area (Å²) >= 11 is 0. The lowest BCUT2D eigenvalue weighted by Gasteiger charge is -2.22. The maximum Gasteiger partial charge on any atom is 0.458 e. The van der Waals surface area contributed by atoms with Gasteiger partial charge in [-0.2, -0.15) is 13.2 Å². The van der Waals surface area contributed by atoms with E-state index in [1.807, 2.05) is 0 Å². The van der Waals surface area contributed by atoms with E-state index in [2.05, 4.69) is 15.3 Å². The van der Waals surface area contributed by atoms with Crippen molar-refractivity contribution in [1.82, 2.24) is 0 Å². The molecule has 0 saturated heterocycles. The van der Waals surface area contributed by atoms with Crippen molar-refractivity contribution >= 4 is 17.3 Å². The average molecular weight is 394 g/mol. The summed E-state index contributed by atoms with van der Waals surface area (Å²) in [5, 5.41) is 15.5. The maximum absolute atomic E-state index is 12.8. The molecule has 1 unspecified atom stereocenters. The van der Waals surface area contributed by atoms with Crippen LogP contribution >= 0.6 is 0 Å². The summed E-state index contributed by atoms with van der Waals surface area (Å²) < 4.78 is 43.3. The van der Waals surface area contributed by atoms with E-state index in [4.69, 9.17) is 4.74 Å². The molecule has 1 atom stereocenters. The third-order valence-corrected chi connectivity index (χ3v) is 4.18. The van der Waals surface area contributed by atoms with E-state index in [1.54, 1.807) is 31.4 Å². The molecule has 6 nitrogen and oxygen atoms in total. The Hall–Kier alpha value is -3.07. The van der Waals surface area contributed by atoms with E-state index < -0.39 is 18.4 Å². The molecule has 1 amide bonds. The van der Waals surface area contributed by atoms with Crippen LogP contribution in [0.1, 0.15) is 17.5 Å². The van der Waals surface area contributed by atoms with Crippen LogP contribution in [0.2, 0.25) is 0 Å². The summed E-state index contributed by atoms with van der Waals surface area (Å²) in [5.41, 5.74) is 1.61. The van der Waals surface area contributed by atoms with Gasteiger partial charge in [-0.05, 0) is 35.4 Å². The Balaban J connectivity index is 1.59. The highest BCUT2D eigenvalue weighted by Gasteiger charge is 2.60. The molecule has 0 spiro atoms. The van der Waals surface area contributed by atoms with Gasteiger partial charge in [0.05, 0.1) is 25.7 Å². The van der Waals surface area contributed by atoms with Crippen LogP contribution in [0.25, 0.3) is 0 Å². The van der Waals surface area contributed by atoms with Crippen LogP contribution in [-0.4, -0.2) is 35.8 Å². The Kier molecular flexibility index (Phi) is 5.28. The summed E-state index contributed by atoms with van der Waals surface area (Å²) in [6.07, 6.45) is -5.60. The molecule has 2 aromatic carbocycles. The van der Waals surface area contributed by atoms with Crippen molar-refractivity contribution < 1.29 is 32.6 Å². The first-order valence-electron chi connectivity index (χ1n) is 8.27. The lowest BCUT2D eigenvalue weighted by molar-refractivity contribution is -0.355. The topological polar surface area (TPSA) is 80.2 Å². The van der Waals surface area contributed by atoms with Crippen molar-refractivity contribution in [2.45, 2.75) is 24.8 Å². The van der Waals surface area contributed by atoms with Crippen molar-refractivity contribution in [3.05, 3.63) is 59.7 Å². The zero-order valence-corrected chi connectivity index (χ0v) is 14.8. The largest absolute Gasteiger partial charge is 0.497 e. The molecule has 2 N–H and O–H groups in total. The van der Waals surface area contributed by atoms with E-state index in [9.17, 15) is 23.1 Å². The fourth-order valence-corrected chi connectivity index (χ4v) is 2.61. The minimum atomic E-state index is -4.95. The number of carbonyl (C=O) groups excluding carboxylic acids is 1. The molecule has 28 heavy (non-hydrogen) atoms. The van der Waals surface area contributed by atoms with E-state index >= 15 is 0 Å². The predicted octanol–water partition coefficient (Wildman–Crippen LogP) is 3.25. The van der Waals surface area contributed by atoms with Gasteiger partial charge in [0, 0.05) is 5.69 Å². The van der Waals surface area contributed by atoms with Crippen molar-refractivity contribution in [2.75, 3.05) is 12.4 Å². The number of rotatable bonds is 5. The molecule has 3 rings (SSSR count). The molecule has 0 aromatic heterocycles. The molecule has 9 heteroatoms. The second-order valence-corrected chi connectivity index (χ2v) is 6.24. The lowest BCUT2D eigenvalue weighted by Crippen LogP contribution is -2.45. The SMILES string of the molecule is COc1ccc(CC(=O)Nc2ccc(C3=NOC(O)(C(F)(F)F)C3)cc2)cc1. The molecule has 1 aliphatic heterocycles. The number of alkyl halides is 3. The highest BCUT2D eigenvalue weighted by atomic mass is 19.4. The molecular weight excluding hydrogens is 377 g/mol. The third kappa shape index (κ3) is 4.25. The Morgan fingerprint density at radius 2 is 1.86 bits per heavy atom. The first kappa shape index (κ1) is 19.7. The Morgan fingerprint density at radius 1 is 1.21 bits per heavy atom. The van der Waals surface area contributed by atoms with Crippen molar-refractivity contribution in [1.29, 1.82) is 0 Å². The number of anilines is 1. The smallest absolute Gasteiger partial charge is 0.458 e. The van der Waals surface area contributed by atoms with Crippen LogP contribution in [0, 0.1) is 0 Å². The quantitative estimate of drug-likeness (QED) is 0.816. The summed E-state index contributed by atoms with van der Waals surface area (Å²) in [6, 6.07) is 13.1. The number of halogens is 3. The number of hydrogen-bond acceptors (Lipinski definition) is 5. The predicted molar refractivity (Wildman–Crippen MR) is 95.0 cm³/mol. The fourth-order valence-electron chi connectivity index (χ4n) is 2.61. The van der Waals surface area contributed by atoms with Gasteiger partial charge >= 0.3 is 12.0 Å². The fraction of sp³-hybridized carbons (Fsp3) is 0.263. The van der Waals surface area contributed by atoms with E-state index in [1.165, 1.54) is 24.3 Å². The monoisotopic (exact) mass is 394 g/mol. The molecule has 0 radical (unpaired) electrons. The van der Waals surface area contributed by atoms with Gasteiger partial charge in [-0.1, -0.05) is 29.4 Å². The second-order valence-electron chi connectivity index (χ2n) is 6.24.